The average molecular weight is 228 g/mol. The maximum atomic E-state index is 5.59. The zero-order valence-corrected chi connectivity index (χ0v) is 9.72. The lowest BCUT2D eigenvalue weighted by atomic mass is 10.3. The number of aromatic nitrogens is 1. The van der Waals surface area contributed by atoms with Gasteiger partial charge in [-0.05, 0) is 44.2 Å². The van der Waals surface area contributed by atoms with Gasteiger partial charge in [0.2, 0.25) is 5.88 Å². The number of pyridine rings is 1. The molecule has 0 aliphatic heterocycles. The van der Waals surface area contributed by atoms with Crippen LogP contribution in [0.1, 0.15) is 12.6 Å². The molecule has 1 heterocycles. The molecule has 0 aliphatic carbocycles. The second-order valence-electron chi connectivity index (χ2n) is 3.47. The highest BCUT2D eigenvalue weighted by atomic mass is 16.5. The van der Waals surface area contributed by atoms with E-state index in [1.807, 2.05) is 43.3 Å². The summed E-state index contributed by atoms with van der Waals surface area (Å²) in [5.74, 6) is 2.10. The Labute approximate surface area is 101 Å². The molecule has 2 aromatic rings. The lowest BCUT2D eigenvalue weighted by Gasteiger charge is -2.06. The van der Waals surface area contributed by atoms with E-state index < -0.39 is 0 Å². The van der Waals surface area contributed by atoms with Gasteiger partial charge < -0.3 is 9.47 Å². The fourth-order valence-corrected chi connectivity index (χ4v) is 1.41. The van der Waals surface area contributed by atoms with E-state index in [1.165, 1.54) is 0 Å². The SMILES string of the molecule is [CH2]c1cccc(Oc2ccc(OCC)cc2)n1. The van der Waals surface area contributed by atoms with Crippen LogP contribution in [0.3, 0.4) is 0 Å². The summed E-state index contributed by atoms with van der Waals surface area (Å²) in [6, 6.07) is 12.9. The van der Waals surface area contributed by atoms with Crippen molar-refractivity contribution < 1.29 is 9.47 Å². The summed E-state index contributed by atoms with van der Waals surface area (Å²) in [7, 11) is 0. The van der Waals surface area contributed by atoms with Gasteiger partial charge in [0.1, 0.15) is 11.5 Å². The minimum atomic E-state index is 0.543. The molecule has 0 amide bonds. The second-order valence-corrected chi connectivity index (χ2v) is 3.47. The summed E-state index contributed by atoms with van der Waals surface area (Å²) in [6.45, 7) is 6.36. The smallest absolute Gasteiger partial charge is 0.219 e. The molecule has 0 spiro atoms. The van der Waals surface area contributed by atoms with E-state index in [0.717, 1.165) is 11.5 Å². The molecular formula is C14H14NO2. The minimum absolute atomic E-state index is 0.543. The van der Waals surface area contributed by atoms with E-state index in [1.54, 1.807) is 6.07 Å². The van der Waals surface area contributed by atoms with Gasteiger partial charge in [0, 0.05) is 11.8 Å². The molecule has 0 fully saturated rings. The normalized spacial score (nSPS) is 10.0. The number of hydrogen-bond donors (Lipinski definition) is 0. The van der Waals surface area contributed by atoms with Gasteiger partial charge in [-0.15, -0.1) is 0 Å². The van der Waals surface area contributed by atoms with E-state index in [-0.39, 0.29) is 0 Å². The predicted octanol–water partition coefficient (Wildman–Crippen LogP) is 3.45. The topological polar surface area (TPSA) is 31.4 Å². The summed E-state index contributed by atoms with van der Waals surface area (Å²) in [5, 5.41) is 0. The number of rotatable bonds is 4. The monoisotopic (exact) mass is 228 g/mol. The summed E-state index contributed by atoms with van der Waals surface area (Å²) < 4.78 is 10.9. The standard InChI is InChI=1S/C14H14NO2/c1-3-16-12-7-9-13(10-8-12)17-14-6-4-5-11(2)15-14/h4-10H,2-3H2,1H3. The maximum absolute atomic E-state index is 5.59. The molecule has 0 N–H and O–H groups in total. The Bertz CT molecular complexity index is 480. The Kier molecular flexibility index (Phi) is 3.60. The van der Waals surface area contributed by atoms with Gasteiger partial charge in [-0.25, -0.2) is 4.98 Å². The summed E-state index contributed by atoms with van der Waals surface area (Å²) in [4.78, 5) is 4.16. The first kappa shape index (κ1) is 11.5. The minimum Gasteiger partial charge on any atom is -0.494 e. The molecule has 1 aromatic heterocycles. The molecule has 0 saturated heterocycles. The molecule has 3 heteroatoms. The van der Waals surface area contributed by atoms with E-state index in [2.05, 4.69) is 11.9 Å². The quantitative estimate of drug-likeness (QED) is 0.803. The van der Waals surface area contributed by atoms with Crippen LogP contribution in [0.25, 0.3) is 0 Å². The van der Waals surface area contributed by atoms with Crippen molar-refractivity contribution in [3.05, 3.63) is 55.1 Å². The van der Waals surface area contributed by atoms with Crippen molar-refractivity contribution in [3.8, 4) is 17.4 Å². The number of nitrogens with zero attached hydrogens (tertiary/aromatic N) is 1. The van der Waals surface area contributed by atoms with Crippen molar-refractivity contribution in [2.45, 2.75) is 6.92 Å². The van der Waals surface area contributed by atoms with Crippen LogP contribution in [-0.2, 0) is 0 Å². The molecule has 1 radical (unpaired) electrons. The van der Waals surface area contributed by atoms with Gasteiger partial charge in [-0.1, -0.05) is 6.07 Å². The third kappa shape index (κ3) is 3.21. The van der Waals surface area contributed by atoms with Crippen LogP contribution in [-0.4, -0.2) is 11.6 Å². The largest absolute Gasteiger partial charge is 0.494 e. The lowest BCUT2D eigenvalue weighted by Crippen LogP contribution is -1.92. The molecule has 3 nitrogen and oxygen atoms in total. The van der Waals surface area contributed by atoms with Crippen molar-refractivity contribution in [2.75, 3.05) is 6.61 Å². The highest BCUT2D eigenvalue weighted by Gasteiger charge is 1.99. The van der Waals surface area contributed by atoms with Crippen molar-refractivity contribution in [3.63, 3.8) is 0 Å². The first-order valence-electron chi connectivity index (χ1n) is 5.47. The fraction of sp³-hybridized carbons (Fsp3) is 0.143. The molecule has 0 bridgehead atoms. The van der Waals surface area contributed by atoms with Crippen LogP contribution in [0.4, 0.5) is 0 Å². The van der Waals surface area contributed by atoms with Crippen LogP contribution >= 0.6 is 0 Å². The van der Waals surface area contributed by atoms with Gasteiger partial charge in [0.05, 0.1) is 6.61 Å². The molecule has 0 unspecified atom stereocenters. The number of benzene rings is 1. The van der Waals surface area contributed by atoms with E-state index in [0.29, 0.717) is 18.2 Å². The third-order valence-electron chi connectivity index (χ3n) is 2.14. The Morgan fingerprint density at radius 3 is 2.41 bits per heavy atom. The lowest BCUT2D eigenvalue weighted by molar-refractivity contribution is 0.339. The zero-order chi connectivity index (χ0) is 12.1. The summed E-state index contributed by atoms with van der Waals surface area (Å²) >= 11 is 0. The van der Waals surface area contributed by atoms with Gasteiger partial charge in [-0.3, -0.25) is 0 Å². The maximum Gasteiger partial charge on any atom is 0.219 e. The Morgan fingerprint density at radius 2 is 1.76 bits per heavy atom. The molecule has 87 valence electrons. The van der Waals surface area contributed by atoms with Crippen LogP contribution in [0.15, 0.2) is 42.5 Å². The highest BCUT2D eigenvalue weighted by molar-refractivity contribution is 5.33. The molecule has 2 rings (SSSR count). The predicted molar refractivity (Wildman–Crippen MR) is 66.4 cm³/mol. The Hall–Kier alpha value is -2.03. The third-order valence-corrected chi connectivity index (χ3v) is 2.14. The summed E-state index contributed by atoms with van der Waals surface area (Å²) in [5.41, 5.74) is 0.688. The average Bonchev–Trinajstić information content (AvgIpc) is 2.32. The van der Waals surface area contributed by atoms with Gasteiger partial charge >= 0.3 is 0 Å². The summed E-state index contributed by atoms with van der Waals surface area (Å²) in [6.07, 6.45) is 0. The highest BCUT2D eigenvalue weighted by Crippen LogP contribution is 2.22. The Morgan fingerprint density at radius 1 is 1.06 bits per heavy atom. The first-order chi connectivity index (χ1) is 8.28. The zero-order valence-electron chi connectivity index (χ0n) is 9.72. The van der Waals surface area contributed by atoms with Crippen LogP contribution < -0.4 is 9.47 Å². The first-order valence-corrected chi connectivity index (χ1v) is 5.47. The van der Waals surface area contributed by atoms with Crippen molar-refractivity contribution in [1.82, 2.24) is 4.98 Å². The van der Waals surface area contributed by atoms with Crippen LogP contribution in [0, 0.1) is 6.92 Å². The molecule has 0 saturated carbocycles. The van der Waals surface area contributed by atoms with Crippen LogP contribution in [0.5, 0.6) is 17.4 Å². The second kappa shape index (κ2) is 5.34. The molecule has 17 heavy (non-hydrogen) atoms. The van der Waals surface area contributed by atoms with Crippen molar-refractivity contribution >= 4 is 0 Å². The van der Waals surface area contributed by atoms with Gasteiger partial charge in [0.25, 0.3) is 0 Å². The van der Waals surface area contributed by atoms with E-state index in [9.17, 15) is 0 Å². The molecule has 1 aromatic carbocycles. The molecule has 0 atom stereocenters. The molecule has 0 aliphatic rings. The van der Waals surface area contributed by atoms with Crippen molar-refractivity contribution in [2.24, 2.45) is 0 Å². The molecular weight excluding hydrogens is 214 g/mol. The fourth-order valence-electron chi connectivity index (χ4n) is 1.41. The number of ether oxygens (including phenoxy) is 2. The van der Waals surface area contributed by atoms with Crippen LogP contribution in [0.2, 0.25) is 0 Å². The Balaban J connectivity index is 2.08. The van der Waals surface area contributed by atoms with Gasteiger partial charge in [0.15, 0.2) is 0 Å². The van der Waals surface area contributed by atoms with E-state index >= 15 is 0 Å². The number of hydrogen-bond acceptors (Lipinski definition) is 3. The van der Waals surface area contributed by atoms with E-state index in [4.69, 9.17) is 9.47 Å². The van der Waals surface area contributed by atoms with Gasteiger partial charge in [-0.2, -0.15) is 0 Å². The van der Waals surface area contributed by atoms with Crippen molar-refractivity contribution in [1.29, 1.82) is 0 Å².